The average Bonchev–Trinajstić information content (AvgIpc) is 3.02. The largest absolute Gasteiger partial charge is 0.354 e. The van der Waals surface area contributed by atoms with E-state index in [1.165, 1.54) is 17.0 Å². The van der Waals surface area contributed by atoms with Crippen LogP contribution < -0.4 is 9.62 Å². The number of hydrogen-bond donors (Lipinski definition) is 1. The van der Waals surface area contributed by atoms with E-state index in [0.717, 1.165) is 32.7 Å². The number of rotatable bonds is 14. The van der Waals surface area contributed by atoms with Gasteiger partial charge in [-0.25, -0.2) is 8.42 Å². The summed E-state index contributed by atoms with van der Waals surface area (Å²) >= 11 is 9.71. The first kappa shape index (κ1) is 34.2. The number of nitrogens with zero attached hydrogens (tertiary/aromatic N) is 2. The molecule has 0 spiro atoms. The number of benzene rings is 4. The Labute approximate surface area is 279 Å². The molecule has 0 saturated carbocycles. The second kappa shape index (κ2) is 16.1. The third-order valence-corrected chi connectivity index (χ3v) is 9.90. The van der Waals surface area contributed by atoms with E-state index in [9.17, 15) is 18.0 Å². The second-order valence-electron chi connectivity index (χ2n) is 10.8. The molecule has 0 aliphatic heterocycles. The van der Waals surface area contributed by atoms with Crippen molar-refractivity contribution >= 4 is 55.1 Å². The summed E-state index contributed by atoms with van der Waals surface area (Å²) in [6, 6.07) is 28.9. The van der Waals surface area contributed by atoms with Crippen molar-refractivity contribution in [3.63, 3.8) is 0 Å². The van der Waals surface area contributed by atoms with E-state index >= 15 is 0 Å². The lowest BCUT2D eigenvalue weighted by atomic mass is 10.0. The molecule has 1 atom stereocenters. The minimum absolute atomic E-state index is 0.0524. The molecule has 0 aromatic heterocycles. The van der Waals surface area contributed by atoms with Crippen LogP contribution in [0, 0.1) is 6.92 Å². The van der Waals surface area contributed by atoms with Gasteiger partial charge in [0.25, 0.3) is 10.0 Å². The summed E-state index contributed by atoms with van der Waals surface area (Å²) in [7, 11) is -4.17. The van der Waals surface area contributed by atoms with Gasteiger partial charge in [-0.05, 0) is 73.0 Å². The van der Waals surface area contributed by atoms with Gasteiger partial charge in [0.05, 0.1) is 10.6 Å². The van der Waals surface area contributed by atoms with Crippen molar-refractivity contribution in [1.29, 1.82) is 0 Å². The molecular weight excluding hydrogens is 674 g/mol. The minimum Gasteiger partial charge on any atom is -0.354 e. The Balaban J connectivity index is 1.78. The second-order valence-corrected chi connectivity index (χ2v) is 14.0. The monoisotopic (exact) mass is 709 g/mol. The van der Waals surface area contributed by atoms with Crippen LogP contribution in [0.4, 0.5) is 5.69 Å². The standard InChI is InChI=1S/C35H37BrClN3O4S/c1-3-4-21-38-35(42)33(23-27-9-6-5-7-10-27)39(24-28-11-8-12-30(37)22-28)34(41)25-40(31-17-15-29(36)16-18-31)45(43,44)32-19-13-26(2)14-20-32/h5-20,22,33H,3-4,21,23-25H2,1-2H3,(H,38,42). The summed E-state index contributed by atoms with van der Waals surface area (Å²) in [5.74, 6) is -0.834. The van der Waals surface area contributed by atoms with Crippen LogP contribution in [-0.4, -0.2) is 44.3 Å². The van der Waals surface area contributed by atoms with Crippen LogP contribution in [0.1, 0.15) is 36.5 Å². The molecule has 0 bridgehead atoms. The quantitative estimate of drug-likeness (QED) is 0.141. The number of nitrogens with one attached hydrogen (secondary N) is 1. The van der Waals surface area contributed by atoms with E-state index in [1.54, 1.807) is 54.6 Å². The number of halogens is 2. The van der Waals surface area contributed by atoms with Gasteiger partial charge in [-0.2, -0.15) is 0 Å². The van der Waals surface area contributed by atoms with Crippen LogP contribution in [0.15, 0.2) is 112 Å². The van der Waals surface area contributed by atoms with Gasteiger partial charge in [-0.15, -0.1) is 0 Å². The Kier molecular flexibility index (Phi) is 12.2. The summed E-state index contributed by atoms with van der Waals surface area (Å²) in [5.41, 5.74) is 2.81. The van der Waals surface area contributed by atoms with Crippen LogP contribution in [0.5, 0.6) is 0 Å². The fourth-order valence-corrected chi connectivity index (χ4v) is 6.76. The summed E-state index contributed by atoms with van der Waals surface area (Å²) in [4.78, 5) is 29.8. The number of aryl methyl sites for hydroxylation is 1. The first-order valence-electron chi connectivity index (χ1n) is 14.8. The summed E-state index contributed by atoms with van der Waals surface area (Å²) in [6.07, 6.45) is 1.93. The minimum atomic E-state index is -4.17. The van der Waals surface area contributed by atoms with Gasteiger partial charge < -0.3 is 10.2 Å². The maximum Gasteiger partial charge on any atom is 0.264 e. The molecule has 4 aromatic carbocycles. The van der Waals surface area contributed by atoms with Crippen LogP contribution in [-0.2, 0) is 32.6 Å². The molecule has 0 fully saturated rings. The van der Waals surface area contributed by atoms with Gasteiger partial charge >= 0.3 is 0 Å². The summed E-state index contributed by atoms with van der Waals surface area (Å²) < 4.78 is 30.1. The van der Waals surface area contributed by atoms with Crippen molar-refractivity contribution < 1.29 is 18.0 Å². The zero-order chi connectivity index (χ0) is 32.4. The molecule has 1 unspecified atom stereocenters. The molecule has 236 valence electrons. The Hall–Kier alpha value is -3.66. The molecule has 0 saturated heterocycles. The average molecular weight is 711 g/mol. The Bertz CT molecular complexity index is 1680. The zero-order valence-electron chi connectivity index (χ0n) is 25.3. The Morgan fingerprint density at radius 1 is 0.889 bits per heavy atom. The van der Waals surface area contributed by atoms with Gasteiger partial charge in [0.1, 0.15) is 12.6 Å². The first-order chi connectivity index (χ1) is 21.6. The number of hydrogen-bond acceptors (Lipinski definition) is 4. The van der Waals surface area contributed by atoms with Crippen molar-refractivity contribution in [3.8, 4) is 0 Å². The number of carbonyl (C=O) groups excluding carboxylic acids is 2. The number of sulfonamides is 1. The van der Waals surface area contributed by atoms with E-state index < -0.39 is 28.5 Å². The number of unbranched alkanes of at least 4 members (excludes halogenated alkanes) is 1. The van der Waals surface area contributed by atoms with Crippen LogP contribution in [0.25, 0.3) is 0 Å². The molecule has 10 heteroatoms. The maximum atomic E-state index is 14.5. The topological polar surface area (TPSA) is 86.8 Å². The highest BCUT2D eigenvalue weighted by molar-refractivity contribution is 9.10. The summed E-state index contributed by atoms with van der Waals surface area (Å²) in [6.45, 7) is 3.90. The van der Waals surface area contributed by atoms with Crippen molar-refractivity contribution in [1.82, 2.24) is 10.2 Å². The highest BCUT2D eigenvalue weighted by Gasteiger charge is 2.34. The molecule has 0 radical (unpaired) electrons. The Morgan fingerprint density at radius 2 is 1.56 bits per heavy atom. The lowest BCUT2D eigenvalue weighted by Crippen LogP contribution is -2.53. The molecule has 0 aliphatic rings. The van der Waals surface area contributed by atoms with E-state index in [1.807, 2.05) is 50.2 Å². The predicted molar refractivity (Wildman–Crippen MR) is 184 cm³/mol. The normalized spacial score (nSPS) is 11.9. The third kappa shape index (κ3) is 9.42. The zero-order valence-corrected chi connectivity index (χ0v) is 28.5. The molecule has 1 N–H and O–H groups in total. The molecule has 7 nitrogen and oxygen atoms in total. The van der Waals surface area contributed by atoms with E-state index in [-0.39, 0.29) is 23.8 Å². The van der Waals surface area contributed by atoms with Crippen LogP contribution in [0.3, 0.4) is 0 Å². The van der Waals surface area contributed by atoms with E-state index in [2.05, 4.69) is 21.2 Å². The van der Waals surface area contributed by atoms with Gasteiger partial charge in [0, 0.05) is 29.0 Å². The molecule has 0 heterocycles. The van der Waals surface area contributed by atoms with Crippen molar-refractivity contribution in [2.45, 2.75) is 50.6 Å². The van der Waals surface area contributed by atoms with E-state index in [0.29, 0.717) is 22.8 Å². The molecular formula is C35H37BrClN3O4S. The number of anilines is 1. The van der Waals surface area contributed by atoms with Gasteiger partial charge in [-0.1, -0.05) is 101 Å². The van der Waals surface area contributed by atoms with Crippen molar-refractivity contribution in [2.24, 2.45) is 0 Å². The molecule has 45 heavy (non-hydrogen) atoms. The highest BCUT2D eigenvalue weighted by Crippen LogP contribution is 2.27. The SMILES string of the molecule is CCCCNC(=O)C(Cc1ccccc1)N(Cc1cccc(Cl)c1)C(=O)CN(c1ccc(Br)cc1)S(=O)(=O)c1ccc(C)cc1. The van der Waals surface area contributed by atoms with Crippen LogP contribution >= 0.6 is 27.5 Å². The van der Waals surface area contributed by atoms with Gasteiger partial charge in [0.15, 0.2) is 0 Å². The highest BCUT2D eigenvalue weighted by atomic mass is 79.9. The molecule has 4 rings (SSSR count). The molecule has 2 amide bonds. The van der Waals surface area contributed by atoms with E-state index in [4.69, 9.17) is 11.6 Å². The maximum absolute atomic E-state index is 14.5. The lowest BCUT2D eigenvalue weighted by molar-refractivity contribution is -0.140. The van der Waals surface area contributed by atoms with Crippen molar-refractivity contribution in [2.75, 3.05) is 17.4 Å². The predicted octanol–water partition coefficient (Wildman–Crippen LogP) is 7.16. The van der Waals surface area contributed by atoms with Gasteiger partial charge in [-0.3, -0.25) is 13.9 Å². The molecule has 4 aromatic rings. The first-order valence-corrected chi connectivity index (χ1v) is 17.4. The molecule has 0 aliphatic carbocycles. The summed E-state index contributed by atoms with van der Waals surface area (Å²) in [5, 5.41) is 3.48. The lowest BCUT2D eigenvalue weighted by Gasteiger charge is -2.34. The number of amides is 2. The van der Waals surface area contributed by atoms with Crippen molar-refractivity contribution in [3.05, 3.63) is 129 Å². The van der Waals surface area contributed by atoms with Crippen LogP contribution in [0.2, 0.25) is 5.02 Å². The third-order valence-electron chi connectivity index (χ3n) is 7.35. The smallest absolute Gasteiger partial charge is 0.264 e. The van der Waals surface area contributed by atoms with Gasteiger partial charge in [0.2, 0.25) is 11.8 Å². The fourth-order valence-electron chi connectivity index (χ4n) is 4.87. The fraction of sp³-hybridized carbons (Fsp3) is 0.257. The Morgan fingerprint density at radius 3 is 2.20 bits per heavy atom. The number of carbonyl (C=O) groups is 2.